The van der Waals surface area contributed by atoms with Gasteiger partial charge in [-0.3, -0.25) is 4.79 Å². The molecule has 4 aromatic rings. The van der Waals surface area contributed by atoms with Crippen LogP contribution in [0.2, 0.25) is 0 Å². The lowest BCUT2D eigenvalue weighted by Crippen LogP contribution is -2.34. The molecule has 0 heterocycles. The molecule has 0 bridgehead atoms. The van der Waals surface area contributed by atoms with Crippen molar-refractivity contribution in [1.82, 2.24) is 0 Å². The molecule has 4 rings (SSSR count). The lowest BCUT2D eigenvalue weighted by Gasteiger charge is -2.29. The Balaban J connectivity index is 1.83. The average molecular weight is 483 g/mol. The van der Waals surface area contributed by atoms with Crippen molar-refractivity contribution >= 4 is 5.78 Å². The Bertz CT molecular complexity index is 1250. The van der Waals surface area contributed by atoms with Crippen LogP contribution in [0.3, 0.4) is 0 Å². The third kappa shape index (κ3) is 5.48. The van der Waals surface area contributed by atoms with E-state index in [2.05, 4.69) is 0 Å². The van der Waals surface area contributed by atoms with Crippen LogP contribution in [0.4, 0.5) is 0 Å². The molecule has 0 amide bonds. The van der Waals surface area contributed by atoms with E-state index in [0.717, 1.165) is 16.7 Å². The number of hydrogen-bond donors (Lipinski definition) is 1. The molecule has 5 heteroatoms. The Labute approximate surface area is 211 Å². The van der Waals surface area contributed by atoms with E-state index in [-0.39, 0.29) is 5.56 Å². The predicted molar refractivity (Wildman–Crippen MR) is 140 cm³/mol. The Hall–Kier alpha value is -3.93. The van der Waals surface area contributed by atoms with Crippen LogP contribution in [0.1, 0.15) is 44.8 Å². The summed E-state index contributed by atoms with van der Waals surface area (Å²) in [5.74, 6) is 0.478. The largest absolute Gasteiger partial charge is 0.497 e. The summed E-state index contributed by atoms with van der Waals surface area (Å²) in [6, 6.07) is 31.8. The van der Waals surface area contributed by atoms with Crippen molar-refractivity contribution in [2.45, 2.75) is 25.2 Å². The number of ether oxygens (including phenoxy) is 3. The predicted octanol–water partition coefficient (Wildman–Crippen LogP) is 6.10. The lowest BCUT2D eigenvalue weighted by atomic mass is 9.93. The minimum absolute atomic E-state index is 0.273. The summed E-state index contributed by atoms with van der Waals surface area (Å²) in [7, 11) is 3.04. The number of carbonyl (C=O) groups excluding carboxylic acids is 1. The second-order valence-corrected chi connectivity index (χ2v) is 8.49. The van der Waals surface area contributed by atoms with Gasteiger partial charge in [0.05, 0.1) is 19.8 Å². The molecule has 0 aliphatic rings. The van der Waals surface area contributed by atoms with Crippen molar-refractivity contribution < 1.29 is 24.1 Å². The highest BCUT2D eigenvalue weighted by molar-refractivity contribution is 6.02. The molecule has 0 aliphatic heterocycles. The molecule has 0 unspecified atom stereocenters. The molecule has 1 N–H and O–H groups in total. The third-order valence-corrected chi connectivity index (χ3v) is 6.21. The number of Topliss-reactive ketones (excluding diaryl/α,β-unsaturated/α-hetero) is 1. The molecule has 0 fully saturated rings. The van der Waals surface area contributed by atoms with Gasteiger partial charge in [0.2, 0.25) is 0 Å². The maximum atomic E-state index is 14.1. The number of benzene rings is 4. The fourth-order valence-corrected chi connectivity index (χ4v) is 4.27. The first-order valence-corrected chi connectivity index (χ1v) is 11.8. The second-order valence-electron chi connectivity index (χ2n) is 8.49. The zero-order valence-electron chi connectivity index (χ0n) is 20.6. The van der Waals surface area contributed by atoms with Crippen molar-refractivity contribution in [3.8, 4) is 11.5 Å². The zero-order chi connectivity index (χ0) is 25.5. The molecule has 0 spiro atoms. The second kappa shape index (κ2) is 11.7. The van der Waals surface area contributed by atoms with Crippen LogP contribution in [0.15, 0.2) is 103 Å². The summed E-state index contributed by atoms with van der Waals surface area (Å²) < 4.78 is 17.4. The molecule has 36 heavy (non-hydrogen) atoms. The van der Waals surface area contributed by atoms with Crippen molar-refractivity contribution in [3.05, 3.63) is 131 Å². The van der Waals surface area contributed by atoms with Crippen molar-refractivity contribution in [2.24, 2.45) is 0 Å². The number of methoxy groups -OCH3 is 2. The van der Waals surface area contributed by atoms with Crippen LogP contribution in [0.5, 0.6) is 11.5 Å². The first kappa shape index (κ1) is 25.2. The standard InChI is InChI=1S/C31H30O5/c1-21-12-10-11-17-25(21)28(32)31(29(33)26-20-24(34-2)18-19-27(26)35-3)36-30(22-13-6-4-7-14-22)23-15-8-5-9-16-23/h4-20,28,30-32H,1-3H3/t28-,31+/m1/s1. The van der Waals surface area contributed by atoms with Crippen LogP contribution >= 0.6 is 0 Å². The summed E-state index contributed by atoms with van der Waals surface area (Å²) >= 11 is 0. The average Bonchev–Trinajstić information content (AvgIpc) is 2.94. The van der Waals surface area contributed by atoms with Crippen LogP contribution < -0.4 is 9.47 Å². The lowest BCUT2D eigenvalue weighted by molar-refractivity contribution is -0.0491. The van der Waals surface area contributed by atoms with Crippen LogP contribution in [-0.4, -0.2) is 31.2 Å². The van der Waals surface area contributed by atoms with Gasteiger partial charge in [-0.05, 0) is 47.4 Å². The van der Waals surface area contributed by atoms with Gasteiger partial charge in [-0.2, -0.15) is 0 Å². The van der Waals surface area contributed by atoms with Gasteiger partial charge in [-0.15, -0.1) is 0 Å². The quantitative estimate of drug-likeness (QED) is 0.277. The fourth-order valence-electron chi connectivity index (χ4n) is 4.27. The van der Waals surface area contributed by atoms with Gasteiger partial charge in [0.15, 0.2) is 11.9 Å². The van der Waals surface area contributed by atoms with Gasteiger partial charge in [0, 0.05) is 0 Å². The number of hydrogen-bond acceptors (Lipinski definition) is 5. The van der Waals surface area contributed by atoms with Gasteiger partial charge in [-0.25, -0.2) is 0 Å². The highest BCUT2D eigenvalue weighted by atomic mass is 16.5. The van der Waals surface area contributed by atoms with E-state index in [1.807, 2.05) is 91.9 Å². The minimum atomic E-state index is -1.22. The van der Waals surface area contributed by atoms with Crippen LogP contribution in [-0.2, 0) is 4.74 Å². The number of carbonyl (C=O) groups is 1. The smallest absolute Gasteiger partial charge is 0.198 e. The highest BCUT2D eigenvalue weighted by Crippen LogP contribution is 2.35. The number of ketones is 1. The molecular formula is C31H30O5. The Morgan fingerprint density at radius 1 is 0.750 bits per heavy atom. The van der Waals surface area contributed by atoms with E-state index >= 15 is 0 Å². The molecule has 0 radical (unpaired) electrons. The molecule has 0 aromatic heterocycles. The summed E-state index contributed by atoms with van der Waals surface area (Å²) in [5, 5.41) is 11.6. The van der Waals surface area contributed by atoms with Crippen molar-refractivity contribution in [1.29, 1.82) is 0 Å². The molecule has 4 aromatic carbocycles. The summed E-state index contributed by atoms with van der Waals surface area (Å²) in [5.41, 5.74) is 3.50. The Morgan fingerprint density at radius 3 is 1.89 bits per heavy atom. The van der Waals surface area contributed by atoms with Crippen LogP contribution in [0, 0.1) is 6.92 Å². The third-order valence-electron chi connectivity index (χ3n) is 6.21. The van der Waals surface area contributed by atoms with Gasteiger partial charge >= 0.3 is 0 Å². The van der Waals surface area contributed by atoms with E-state index < -0.39 is 24.1 Å². The Morgan fingerprint density at radius 2 is 1.33 bits per heavy atom. The monoisotopic (exact) mass is 482 g/mol. The molecule has 0 saturated heterocycles. The topological polar surface area (TPSA) is 65.0 Å². The first-order chi connectivity index (χ1) is 17.5. The van der Waals surface area contributed by atoms with E-state index in [1.165, 1.54) is 14.2 Å². The SMILES string of the molecule is COc1ccc(OC)c(C(=O)[C@@H](OC(c2ccccc2)c2ccccc2)[C@H](O)c2ccccc2C)c1. The highest BCUT2D eigenvalue weighted by Gasteiger charge is 2.35. The number of rotatable bonds is 10. The van der Waals surface area contributed by atoms with E-state index in [0.29, 0.717) is 17.1 Å². The summed E-state index contributed by atoms with van der Waals surface area (Å²) in [4.78, 5) is 14.1. The molecular weight excluding hydrogens is 452 g/mol. The number of aliphatic hydroxyl groups is 1. The molecule has 2 atom stereocenters. The summed E-state index contributed by atoms with van der Waals surface area (Å²) in [6.45, 7) is 1.90. The maximum absolute atomic E-state index is 14.1. The van der Waals surface area contributed by atoms with Gasteiger partial charge < -0.3 is 19.3 Å². The van der Waals surface area contributed by atoms with E-state index in [4.69, 9.17) is 14.2 Å². The minimum Gasteiger partial charge on any atom is -0.497 e. The van der Waals surface area contributed by atoms with Crippen LogP contribution in [0.25, 0.3) is 0 Å². The van der Waals surface area contributed by atoms with Gasteiger partial charge in [0.25, 0.3) is 0 Å². The van der Waals surface area contributed by atoms with E-state index in [1.54, 1.807) is 18.2 Å². The number of aryl methyl sites for hydroxylation is 1. The normalized spacial score (nSPS) is 12.7. The molecule has 0 saturated carbocycles. The summed E-state index contributed by atoms with van der Waals surface area (Å²) in [6.07, 6.45) is -3.03. The van der Waals surface area contributed by atoms with Crippen molar-refractivity contribution in [2.75, 3.05) is 14.2 Å². The van der Waals surface area contributed by atoms with Gasteiger partial charge in [0.1, 0.15) is 23.7 Å². The molecule has 0 aliphatic carbocycles. The number of aliphatic hydroxyl groups excluding tert-OH is 1. The molecule has 184 valence electrons. The first-order valence-electron chi connectivity index (χ1n) is 11.8. The molecule has 5 nitrogen and oxygen atoms in total. The Kier molecular flexibility index (Phi) is 8.16. The van der Waals surface area contributed by atoms with Gasteiger partial charge in [-0.1, -0.05) is 84.9 Å². The van der Waals surface area contributed by atoms with Crippen molar-refractivity contribution in [3.63, 3.8) is 0 Å². The maximum Gasteiger partial charge on any atom is 0.198 e. The van der Waals surface area contributed by atoms with E-state index in [9.17, 15) is 9.90 Å². The fraction of sp³-hybridized carbons (Fsp3) is 0.194. The zero-order valence-corrected chi connectivity index (χ0v) is 20.6.